The zero-order chi connectivity index (χ0) is 31.2. The molecule has 9 heteroatoms. The average molecular weight is 635 g/mol. The van der Waals surface area contributed by atoms with E-state index >= 15 is 0 Å². The second-order valence-electron chi connectivity index (χ2n) is 12.0. The van der Waals surface area contributed by atoms with Gasteiger partial charge in [0.25, 0.3) is 0 Å². The van der Waals surface area contributed by atoms with Gasteiger partial charge in [0.2, 0.25) is 0 Å². The van der Waals surface area contributed by atoms with E-state index in [0.29, 0.717) is 31.9 Å². The molecule has 5 nitrogen and oxygen atoms in total. The number of hydrogen-bond donors (Lipinski definition) is 0. The molecule has 2 aliphatic rings. The predicted octanol–water partition coefficient (Wildman–Crippen LogP) is 9.64. The van der Waals surface area contributed by atoms with Gasteiger partial charge in [0.05, 0.1) is 29.6 Å². The van der Waals surface area contributed by atoms with Crippen molar-refractivity contribution in [2.75, 3.05) is 44.3 Å². The molecule has 1 saturated heterocycles. The van der Waals surface area contributed by atoms with Crippen LogP contribution in [0.4, 0.5) is 24.5 Å². The van der Waals surface area contributed by atoms with Gasteiger partial charge in [-0.1, -0.05) is 69.3 Å². The number of esters is 1. The average Bonchev–Trinajstić information content (AvgIpc) is 3.02. The summed E-state index contributed by atoms with van der Waals surface area (Å²) < 4.78 is 52.0. The lowest BCUT2D eigenvalue weighted by atomic mass is 10.1. The number of likely N-dealkylation sites (tertiary alicyclic amines) is 1. The molecule has 2 aromatic carbocycles. The SMILES string of the molecule is CCCCCCCCCC(=O)OCCCCOC1CCN(CCCN2c3ccccc3Sc3ccc(C(F)(F)F)cc32)CC1. The first-order valence-electron chi connectivity index (χ1n) is 16.6. The van der Waals surface area contributed by atoms with Crippen LogP contribution in [0.2, 0.25) is 0 Å². The molecule has 1 fully saturated rings. The van der Waals surface area contributed by atoms with Gasteiger partial charge in [0, 0.05) is 42.5 Å². The third kappa shape index (κ3) is 11.0. The van der Waals surface area contributed by atoms with Crippen LogP contribution in [-0.2, 0) is 20.4 Å². The van der Waals surface area contributed by atoms with Crippen LogP contribution >= 0.6 is 11.8 Å². The van der Waals surface area contributed by atoms with Crippen molar-refractivity contribution in [3.8, 4) is 0 Å². The third-order valence-electron chi connectivity index (χ3n) is 8.48. The lowest BCUT2D eigenvalue weighted by molar-refractivity contribution is -0.144. The Morgan fingerprint density at radius 3 is 2.32 bits per heavy atom. The largest absolute Gasteiger partial charge is 0.466 e. The van der Waals surface area contributed by atoms with Crippen molar-refractivity contribution in [1.82, 2.24) is 4.90 Å². The maximum absolute atomic E-state index is 13.5. The molecule has 0 spiro atoms. The highest BCUT2D eigenvalue weighted by atomic mass is 32.2. The van der Waals surface area contributed by atoms with E-state index in [0.717, 1.165) is 80.1 Å². The van der Waals surface area contributed by atoms with Gasteiger partial charge in [0.1, 0.15) is 0 Å². The minimum Gasteiger partial charge on any atom is -0.466 e. The van der Waals surface area contributed by atoms with E-state index in [-0.39, 0.29) is 12.1 Å². The smallest absolute Gasteiger partial charge is 0.416 e. The van der Waals surface area contributed by atoms with Crippen molar-refractivity contribution < 1.29 is 27.4 Å². The number of unbranched alkanes of at least 4 members (excludes halogenated alkanes) is 7. The second-order valence-corrected chi connectivity index (χ2v) is 13.0. The molecule has 0 atom stereocenters. The van der Waals surface area contributed by atoms with Crippen LogP contribution in [0.25, 0.3) is 0 Å². The molecule has 244 valence electrons. The highest BCUT2D eigenvalue weighted by molar-refractivity contribution is 7.99. The molecule has 0 aromatic heterocycles. The van der Waals surface area contributed by atoms with Crippen molar-refractivity contribution in [2.24, 2.45) is 0 Å². The highest BCUT2D eigenvalue weighted by Gasteiger charge is 2.33. The summed E-state index contributed by atoms with van der Waals surface area (Å²) >= 11 is 1.53. The van der Waals surface area contributed by atoms with E-state index in [1.165, 1.54) is 56.0 Å². The Bertz CT molecular complexity index is 1150. The minimum absolute atomic E-state index is 0.0782. The summed E-state index contributed by atoms with van der Waals surface area (Å²) in [6.45, 7) is 6.86. The van der Waals surface area contributed by atoms with Gasteiger partial charge in [-0.2, -0.15) is 13.2 Å². The van der Waals surface area contributed by atoms with E-state index in [1.54, 1.807) is 6.07 Å². The summed E-state index contributed by atoms with van der Waals surface area (Å²) in [6.07, 6.45) is 9.32. The first-order valence-corrected chi connectivity index (χ1v) is 17.4. The number of piperidine rings is 1. The molecule has 2 heterocycles. The quantitative estimate of drug-likeness (QED) is 0.120. The number of fused-ring (bicyclic) bond motifs is 2. The van der Waals surface area contributed by atoms with E-state index in [2.05, 4.69) is 16.7 Å². The number of anilines is 2. The summed E-state index contributed by atoms with van der Waals surface area (Å²) in [5.74, 6) is -0.0782. The number of halogens is 3. The van der Waals surface area contributed by atoms with Crippen LogP contribution < -0.4 is 4.90 Å². The maximum atomic E-state index is 13.5. The van der Waals surface area contributed by atoms with Gasteiger partial charge in [-0.3, -0.25) is 4.79 Å². The molecule has 2 aliphatic heterocycles. The van der Waals surface area contributed by atoms with Crippen molar-refractivity contribution in [2.45, 2.75) is 112 Å². The summed E-state index contributed by atoms with van der Waals surface area (Å²) in [5.41, 5.74) is 1.00. The third-order valence-corrected chi connectivity index (χ3v) is 9.61. The summed E-state index contributed by atoms with van der Waals surface area (Å²) in [6, 6.07) is 12.0. The van der Waals surface area contributed by atoms with Gasteiger partial charge in [-0.15, -0.1) is 0 Å². The monoisotopic (exact) mass is 634 g/mol. The molecule has 0 saturated carbocycles. The predicted molar refractivity (Wildman–Crippen MR) is 172 cm³/mol. The number of ether oxygens (including phenoxy) is 2. The zero-order valence-corrected chi connectivity index (χ0v) is 27.0. The number of para-hydroxylation sites is 1. The van der Waals surface area contributed by atoms with Crippen LogP contribution in [0.5, 0.6) is 0 Å². The van der Waals surface area contributed by atoms with Crippen LogP contribution in [0.15, 0.2) is 52.3 Å². The molecule has 0 aliphatic carbocycles. The Morgan fingerprint density at radius 2 is 1.55 bits per heavy atom. The highest BCUT2D eigenvalue weighted by Crippen LogP contribution is 2.49. The summed E-state index contributed by atoms with van der Waals surface area (Å²) in [4.78, 5) is 18.3. The van der Waals surface area contributed by atoms with Crippen LogP contribution in [0.1, 0.15) is 96.0 Å². The Kier molecular flexibility index (Phi) is 14.2. The van der Waals surface area contributed by atoms with E-state index in [4.69, 9.17) is 9.47 Å². The van der Waals surface area contributed by atoms with Crippen LogP contribution in [-0.4, -0.2) is 56.4 Å². The van der Waals surface area contributed by atoms with Gasteiger partial charge >= 0.3 is 12.1 Å². The van der Waals surface area contributed by atoms with Gasteiger partial charge < -0.3 is 19.3 Å². The lowest BCUT2D eigenvalue weighted by Crippen LogP contribution is -2.38. The van der Waals surface area contributed by atoms with Crippen LogP contribution in [0, 0.1) is 0 Å². The van der Waals surface area contributed by atoms with E-state index < -0.39 is 11.7 Å². The Hall–Kier alpha value is -2.23. The van der Waals surface area contributed by atoms with Crippen molar-refractivity contribution in [3.63, 3.8) is 0 Å². The van der Waals surface area contributed by atoms with E-state index in [9.17, 15) is 18.0 Å². The number of carbonyl (C=O) groups is 1. The van der Waals surface area contributed by atoms with Gasteiger partial charge in [-0.05, 0) is 75.4 Å². The normalized spacial score (nSPS) is 15.7. The topological polar surface area (TPSA) is 42.0 Å². The molecule has 44 heavy (non-hydrogen) atoms. The second kappa shape index (κ2) is 18.1. The Balaban J connectivity index is 1.09. The molecular weight excluding hydrogens is 585 g/mol. The lowest BCUT2D eigenvalue weighted by Gasteiger charge is -2.35. The Morgan fingerprint density at radius 1 is 0.841 bits per heavy atom. The molecule has 0 unspecified atom stereocenters. The van der Waals surface area contributed by atoms with Gasteiger partial charge in [0.15, 0.2) is 0 Å². The first kappa shape index (κ1) is 34.6. The fraction of sp³-hybridized carbons (Fsp3) is 0.629. The standard InChI is InChI=1S/C35H49F3N2O3S/c1-2-3-4-5-6-7-8-16-34(41)43-26-12-11-25-42-29-19-23-39(24-20-29)21-13-22-40-30-14-9-10-15-32(30)44-33-18-17-28(27-31(33)40)35(36,37)38/h9-10,14-15,17-18,27,29H,2-8,11-13,16,19-26H2,1H3. The first-order chi connectivity index (χ1) is 21.3. The number of alkyl halides is 3. The molecule has 0 N–H and O–H groups in total. The molecule has 0 bridgehead atoms. The molecular formula is C35H49F3N2O3S. The molecule has 0 amide bonds. The van der Waals surface area contributed by atoms with Crippen molar-refractivity contribution in [1.29, 1.82) is 0 Å². The van der Waals surface area contributed by atoms with Crippen molar-refractivity contribution in [3.05, 3.63) is 48.0 Å². The minimum atomic E-state index is -4.37. The Labute approximate surface area is 265 Å². The number of hydrogen-bond acceptors (Lipinski definition) is 6. The van der Waals surface area contributed by atoms with Gasteiger partial charge in [-0.25, -0.2) is 0 Å². The van der Waals surface area contributed by atoms with E-state index in [1.807, 2.05) is 24.3 Å². The van der Waals surface area contributed by atoms with Crippen LogP contribution in [0.3, 0.4) is 0 Å². The zero-order valence-electron chi connectivity index (χ0n) is 26.2. The maximum Gasteiger partial charge on any atom is 0.416 e. The summed E-state index contributed by atoms with van der Waals surface area (Å²) in [7, 11) is 0. The number of benzene rings is 2. The number of rotatable bonds is 18. The fourth-order valence-electron chi connectivity index (χ4n) is 5.94. The number of nitrogens with zero attached hydrogens (tertiary/aromatic N) is 2. The van der Waals surface area contributed by atoms with Crippen molar-refractivity contribution >= 4 is 29.1 Å². The molecule has 4 rings (SSSR count). The fourth-order valence-corrected chi connectivity index (χ4v) is 7.01. The number of carbonyl (C=O) groups excluding carboxylic acids is 1. The molecule has 0 radical (unpaired) electrons. The summed E-state index contributed by atoms with van der Waals surface area (Å²) in [5, 5.41) is 0. The molecule has 2 aromatic rings.